The minimum atomic E-state index is -0.0574. The van der Waals surface area contributed by atoms with Gasteiger partial charge < -0.3 is 4.74 Å². The van der Waals surface area contributed by atoms with Gasteiger partial charge in [0.2, 0.25) is 0 Å². The highest BCUT2D eigenvalue weighted by Gasteiger charge is 2.56. The molecule has 5 aromatic carbocycles. The van der Waals surface area contributed by atoms with E-state index >= 15 is 0 Å². The maximum atomic E-state index is 12.6. The SMILES string of the molecule is COC(=O)CCCC1(C2CCCCC2)C2=CCC3=C4c5c(cc6ccc7cc8c9c%10c(cc%11c(c%10c(c%10c9c7c6c5-%10)C24)CC1C=C%11)C8)C3. The smallest absolute Gasteiger partial charge is 0.305 e. The van der Waals surface area contributed by atoms with Crippen LogP contribution < -0.4 is 0 Å². The summed E-state index contributed by atoms with van der Waals surface area (Å²) in [7, 11) is 1.55. The average Bonchev–Trinajstić information content (AvgIpc) is 3.79. The summed E-state index contributed by atoms with van der Waals surface area (Å²) in [5.74, 6) is 1.37. The van der Waals surface area contributed by atoms with Gasteiger partial charge in [-0.1, -0.05) is 79.0 Å². The second-order valence-electron chi connectivity index (χ2n) is 16.6. The van der Waals surface area contributed by atoms with Crippen LogP contribution >= 0.6 is 0 Å². The third kappa shape index (κ3) is 2.66. The monoisotopic (exact) mass is 622 g/mol. The normalized spacial score (nSPS) is 26.0. The zero-order valence-corrected chi connectivity index (χ0v) is 27.7. The molecule has 1 fully saturated rings. The molecule has 1 saturated carbocycles. The topological polar surface area (TPSA) is 26.3 Å². The van der Waals surface area contributed by atoms with E-state index in [-0.39, 0.29) is 11.4 Å². The minimum absolute atomic E-state index is 0.0450. The molecule has 0 aliphatic heterocycles. The van der Waals surface area contributed by atoms with Gasteiger partial charge in [0.25, 0.3) is 0 Å². The molecule has 234 valence electrons. The van der Waals surface area contributed by atoms with Crippen LogP contribution in [0.5, 0.6) is 0 Å². The molecule has 0 N–H and O–H groups in total. The van der Waals surface area contributed by atoms with Crippen LogP contribution in [0.2, 0.25) is 0 Å². The highest BCUT2D eigenvalue weighted by molar-refractivity contribution is 6.41. The number of ether oxygens (including phenoxy) is 1. The van der Waals surface area contributed by atoms with E-state index in [9.17, 15) is 4.79 Å². The number of carbonyl (C=O) groups excluding carboxylic acids is 1. The molecule has 0 amide bonds. The molecule has 0 spiro atoms. The quantitative estimate of drug-likeness (QED) is 0.108. The highest BCUT2D eigenvalue weighted by Crippen LogP contribution is 2.71. The Bertz CT molecular complexity index is 2580. The summed E-state index contributed by atoms with van der Waals surface area (Å²) in [5.41, 5.74) is 19.5. The lowest BCUT2D eigenvalue weighted by Crippen LogP contribution is -2.45. The van der Waals surface area contributed by atoms with Gasteiger partial charge in [0.05, 0.1) is 7.11 Å². The number of allylic oxidation sites excluding steroid dienone is 5. The second-order valence-corrected chi connectivity index (χ2v) is 16.6. The van der Waals surface area contributed by atoms with Crippen LogP contribution in [0.15, 0.2) is 53.6 Å². The van der Waals surface area contributed by atoms with Crippen molar-refractivity contribution in [2.45, 2.75) is 83.0 Å². The predicted molar refractivity (Wildman–Crippen MR) is 195 cm³/mol. The first-order valence-corrected chi connectivity index (χ1v) is 18.9. The summed E-state index contributed by atoms with van der Waals surface area (Å²) in [6.45, 7) is 0. The maximum Gasteiger partial charge on any atom is 0.305 e. The molecule has 13 rings (SSSR count). The molecule has 0 radical (unpaired) electrons. The molecular formula is C46H38O2. The molecular weight excluding hydrogens is 585 g/mol. The van der Waals surface area contributed by atoms with Crippen molar-refractivity contribution in [3.8, 4) is 11.1 Å². The fraction of sp³-hybridized carbons (Fsp3) is 0.370. The molecule has 3 atom stereocenters. The van der Waals surface area contributed by atoms with Crippen molar-refractivity contribution in [2.75, 3.05) is 7.11 Å². The van der Waals surface area contributed by atoms with Gasteiger partial charge in [0.15, 0.2) is 0 Å². The maximum absolute atomic E-state index is 12.6. The summed E-state index contributed by atoms with van der Waals surface area (Å²) in [6, 6.07) is 12.6. The number of methoxy groups -OCH3 is 1. The van der Waals surface area contributed by atoms with Crippen LogP contribution in [0.3, 0.4) is 0 Å². The van der Waals surface area contributed by atoms with Gasteiger partial charge in [0, 0.05) is 17.8 Å². The van der Waals surface area contributed by atoms with E-state index in [0.29, 0.717) is 24.2 Å². The Morgan fingerprint density at radius 2 is 1.67 bits per heavy atom. The first kappa shape index (κ1) is 25.8. The molecule has 2 heteroatoms. The van der Waals surface area contributed by atoms with Gasteiger partial charge in [-0.2, -0.15) is 0 Å². The summed E-state index contributed by atoms with van der Waals surface area (Å²) >= 11 is 0. The number of carbonyl (C=O) groups is 1. The third-order valence-electron chi connectivity index (χ3n) is 15.0. The number of hydrogen-bond donors (Lipinski definition) is 0. The standard InChI is InChI=1S/C46H38O2/c1-48-33(47)8-5-15-46(29-6-3-2-4-7-29)30-13-11-22-16-26-20-28-18-24-10-9-23-17-27-19-25-12-14-32(46)41-34(25)38(27)42-35(23)36(24)43-39(28)37(26)40(31(22)21-30)44(41)45(42)43/h9-11,13-14,16-18,29-30,41H,2-8,12,15,19-21H2,1H3. The van der Waals surface area contributed by atoms with Crippen molar-refractivity contribution < 1.29 is 9.53 Å². The van der Waals surface area contributed by atoms with Gasteiger partial charge in [-0.25, -0.2) is 0 Å². The molecule has 8 aliphatic rings. The Morgan fingerprint density at radius 1 is 0.854 bits per heavy atom. The minimum Gasteiger partial charge on any atom is -0.469 e. The van der Waals surface area contributed by atoms with E-state index in [0.717, 1.165) is 38.5 Å². The molecule has 2 bridgehead atoms. The molecule has 0 saturated heterocycles. The van der Waals surface area contributed by atoms with Crippen molar-refractivity contribution in [3.63, 3.8) is 0 Å². The summed E-state index contributed by atoms with van der Waals surface area (Å²) in [5, 5.41) is 12.4. The number of hydrogen-bond acceptors (Lipinski definition) is 2. The van der Waals surface area contributed by atoms with Crippen molar-refractivity contribution in [1.29, 1.82) is 0 Å². The Labute approximate surface area is 280 Å². The predicted octanol–water partition coefficient (Wildman–Crippen LogP) is 11.0. The van der Waals surface area contributed by atoms with Crippen molar-refractivity contribution in [2.24, 2.45) is 17.3 Å². The lowest BCUT2D eigenvalue weighted by atomic mass is 9.48. The largest absolute Gasteiger partial charge is 0.469 e. The Kier molecular flexibility index (Phi) is 4.48. The van der Waals surface area contributed by atoms with E-state index in [1.54, 1.807) is 95.3 Å². The fourth-order valence-electron chi connectivity index (χ4n) is 13.5. The molecule has 3 unspecified atom stereocenters. The Balaban J connectivity index is 1.21. The van der Waals surface area contributed by atoms with Crippen LogP contribution in [0.1, 0.15) is 103 Å². The number of esters is 1. The van der Waals surface area contributed by atoms with Crippen LogP contribution in [0, 0.1) is 17.3 Å². The van der Waals surface area contributed by atoms with E-state index in [1.165, 1.54) is 53.8 Å². The number of fused-ring (bicyclic) bond motifs is 1. The fourth-order valence-corrected chi connectivity index (χ4v) is 13.5. The van der Waals surface area contributed by atoms with Gasteiger partial charge in [0.1, 0.15) is 0 Å². The zero-order chi connectivity index (χ0) is 31.2. The van der Waals surface area contributed by atoms with Crippen molar-refractivity contribution >= 4 is 60.7 Å². The van der Waals surface area contributed by atoms with Crippen LogP contribution in [-0.4, -0.2) is 13.1 Å². The van der Waals surface area contributed by atoms with Crippen LogP contribution in [-0.2, 0) is 28.8 Å². The average molecular weight is 623 g/mol. The lowest BCUT2D eigenvalue weighted by Gasteiger charge is -2.55. The molecule has 5 aromatic rings. The second kappa shape index (κ2) is 8.33. The number of benzene rings is 5. The van der Waals surface area contributed by atoms with E-state index in [4.69, 9.17) is 4.74 Å². The molecule has 48 heavy (non-hydrogen) atoms. The van der Waals surface area contributed by atoms with Gasteiger partial charge in [-0.3, -0.25) is 4.79 Å². The van der Waals surface area contributed by atoms with Gasteiger partial charge in [-0.05, 0) is 162 Å². The summed E-state index contributed by atoms with van der Waals surface area (Å²) in [4.78, 5) is 12.6. The van der Waals surface area contributed by atoms with E-state index < -0.39 is 0 Å². The number of rotatable bonds is 5. The van der Waals surface area contributed by atoms with Crippen molar-refractivity contribution in [1.82, 2.24) is 0 Å². The van der Waals surface area contributed by atoms with Gasteiger partial charge >= 0.3 is 5.97 Å². The van der Waals surface area contributed by atoms with E-state index in [2.05, 4.69) is 48.6 Å². The van der Waals surface area contributed by atoms with Crippen molar-refractivity contribution in [3.05, 3.63) is 92.6 Å². The summed E-state index contributed by atoms with van der Waals surface area (Å²) < 4.78 is 5.22. The third-order valence-corrected chi connectivity index (χ3v) is 15.0. The highest BCUT2D eigenvalue weighted by atomic mass is 16.5. The first-order chi connectivity index (χ1) is 23.7. The first-order valence-electron chi connectivity index (χ1n) is 18.9. The Hall–Kier alpha value is -4.17. The molecule has 0 heterocycles. The van der Waals surface area contributed by atoms with Crippen LogP contribution in [0.25, 0.3) is 65.9 Å². The van der Waals surface area contributed by atoms with Gasteiger partial charge in [-0.15, -0.1) is 0 Å². The summed E-state index contributed by atoms with van der Waals surface area (Å²) in [6.07, 6.45) is 21.5. The zero-order valence-electron chi connectivity index (χ0n) is 27.7. The molecule has 2 nitrogen and oxygen atoms in total. The lowest BCUT2D eigenvalue weighted by molar-refractivity contribution is -0.140. The Morgan fingerprint density at radius 3 is 2.54 bits per heavy atom. The molecule has 0 aromatic heterocycles. The van der Waals surface area contributed by atoms with Crippen LogP contribution in [0.4, 0.5) is 0 Å². The molecule has 8 aliphatic carbocycles. The van der Waals surface area contributed by atoms with E-state index in [1.807, 2.05) is 0 Å².